The number of halogens is 2. The van der Waals surface area contributed by atoms with E-state index in [1.807, 2.05) is 12.1 Å². The molecule has 0 bridgehead atoms. The predicted octanol–water partition coefficient (Wildman–Crippen LogP) is 3.74. The summed E-state index contributed by atoms with van der Waals surface area (Å²) in [6, 6.07) is 4.50. The number of aromatic hydroxyl groups is 1. The minimum absolute atomic E-state index is 0.250. The molecular formula is C14H22Br2N2O. The lowest BCUT2D eigenvalue weighted by molar-refractivity contribution is 0.251. The second-order valence-electron chi connectivity index (χ2n) is 4.82. The van der Waals surface area contributed by atoms with Gasteiger partial charge in [0.25, 0.3) is 0 Å². The van der Waals surface area contributed by atoms with Gasteiger partial charge in [0.1, 0.15) is 5.75 Å². The highest BCUT2D eigenvalue weighted by molar-refractivity contribution is 9.11. The average Bonchev–Trinajstić information content (AvgIpc) is 2.39. The third-order valence-electron chi connectivity index (χ3n) is 3.39. The van der Waals surface area contributed by atoms with Crippen molar-refractivity contribution in [3.05, 3.63) is 26.6 Å². The van der Waals surface area contributed by atoms with Crippen LogP contribution in [0.3, 0.4) is 0 Å². The number of hydrogen-bond acceptors (Lipinski definition) is 3. The monoisotopic (exact) mass is 392 g/mol. The summed E-state index contributed by atoms with van der Waals surface area (Å²) in [5.41, 5.74) is 1.14. The van der Waals surface area contributed by atoms with Crippen LogP contribution in [0, 0.1) is 0 Å². The largest absolute Gasteiger partial charge is 0.506 e. The number of phenols is 1. The maximum Gasteiger partial charge on any atom is 0.143 e. The number of phenolic OH excluding ortho intramolecular Hbond substituents is 1. The lowest BCUT2D eigenvalue weighted by Crippen LogP contribution is -2.34. The second-order valence-corrected chi connectivity index (χ2v) is 6.53. The van der Waals surface area contributed by atoms with Crippen molar-refractivity contribution in [3.8, 4) is 5.75 Å². The molecule has 0 amide bonds. The molecule has 2 N–H and O–H groups in total. The Morgan fingerprint density at radius 1 is 1.32 bits per heavy atom. The van der Waals surface area contributed by atoms with Crippen molar-refractivity contribution in [2.45, 2.75) is 32.9 Å². The summed E-state index contributed by atoms with van der Waals surface area (Å²) in [4.78, 5) is 2.36. The van der Waals surface area contributed by atoms with Gasteiger partial charge >= 0.3 is 0 Å². The van der Waals surface area contributed by atoms with E-state index < -0.39 is 0 Å². The van der Waals surface area contributed by atoms with E-state index in [1.54, 1.807) is 0 Å². The maximum atomic E-state index is 9.64. The summed E-state index contributed by atoms with van der Waals surface area (Å²) in [5, 5.41) is 13.1. The Morgan fingerprint density at radius 2 is 1.89 bits per heavy atom. The summed E-state index contributed by atoms with van der Waals surface area (Å²) < 4.78 is 1.44. The molecule has 1 unspecified atom stereocenters. The van der Waals surface area contributed by atoms with Crippen molar-refractivity contribution in [2.75, 3.05) is 20.1 Å². The molecule has 19 heavy (non-hydrogen) atoms. The van der Waals surface area contributed by atoms with Crippen LogP contribution in [-0.2, 0) is 6.54 Å². The first kappa shape index (κ1) is 17.0. The van der Waals surface area contributed by atoms with Crippen LogP contribution < -0.4 is 5.32 Å². The van der Waals surface area contributed by atoms with Gasteiger partial charge in [0, 0.05) is 25.7 Å². The van der Waals surface area contributed by atoms with Gasteiger partial charge in [-0.1, -0.05) is 6.92 Å². The first-order chi connectivity index (χ1) is 8.95. The molecule has 0 radical (unpaired) electrons. The first-order valence-electron chi connectivity index (χ1n) is 6.53. The third-order valence-corrected chi connectivity index (χ3v) is 4.60. The van der Waals surface area contributed by atoms with Gasteiger partial charge in [-0.15, -0.1) is 0 Å². The SMILES string of the molecule is CCC(C)N(C)CCNCc1cc(Br)c(O)c(Br)c1. The molecule has 3 nitrogen and oxygen atoms in total. The van der Waals surface area contributed by atoms with Gasteiger partial charge in [-0.25, -0.2) is 0 Å². The zero-order valence-corrected chi connectivity index (χ0v) is 14.9. The zero-order valence-electron chi connectivity index (χ0n) is 11.7. The van der Waals surface area contributed by atoms with Gasteiger partial charge in [-0.2, -0.15) is 0 Å². The lowest BCUT2D eigenvalue weighted by atomic mass is 10.2. The van der Waals surface area contributed by atoms with Crippen molar-refractivity contribution in [1.29, 1.82) is 0 Å². The van der Waals surface area contributed by atoms with E-state index in [0.717, 1.165) is 34.1 Å². The van der Waals surface area contributed by atoms with E-state index >= 15 is 0 Å². The van der Waals surface area contributed by atoms with Gasteiger partial charge in [0.15, 0.2) is 0 Å². The maximum absolute atomic E-state index is 9.64. The highest BCUT2D eigenvalue weighted by atomic mass is 79.9. The Bertz CT molecular complexity index is 389. The molecule has 0 fully saturated rings. The number of benzene rings is 1. The zero-order chi connectivity index (χ0) is 14.4. The van der Waals surface area contributed by atoms with Crippen molar-refractivity contribution < 1.29 is 5.11 Å². The molecular weight excluding hydrogens is 372 g/mol. The highest BCUT2D eigenvalue weighted by Gasteiger charge is 2.07. The highest BCUT2D eigenvalue weighted by Crippen LogP contribution is 2.33. The fraction of sp³-hybridized carbons (Fsp3) is 0.571. The summed E-state index contributed by atoms with van der Waals surface area (Å²) in [6.07, 6.45) is 1.17. The molecule has 1 rings (SSSR count). The Kier molecular flexibility index (Phi) is 7.36. The molecule has 0 saturated carbocycles. The van der Waals surface area contributed by atoms with Crippen LogP contribution >= 0.6 is 31.9 Å². The minimum Gasteiger partial charge on any atom is -0.506 e. The van der Waals surface area contributed by atoms with E-state index in [4.69, 9.17) is 0 Å². The van der Waals surface area contributed by atoms with Crippen molar-refractivity contribution >= 4 is 31.9 Å². The first-order valence-corrected chi connectivity index (χ1v) is 8.12. The third kappa shape index (κ3) is 5.42. The smallest absolute Gasteiger partial charge is 0.143 e. The number of rotatable bonds is 7. The fourth-order valence-corrected chi connectivity index (χ4v) is 3.02. The minimum atomic E-state index is 0.250. The summed E-state index contributed by atoms with van der Waals surface area (Å²) in [7, 11) is 2.16. The molecule has 108 valence electrons. The molecule has 1 atom stereocenters. The standard InChI is InChI=1S/C14H22Br2N2O/c1-4-10(2)18(3)6-5-17-9-11-7-12(15)14(19)13(16)8-11/h7-8,10,17,19H,4-6,9H2,1-3H3. The van der Waals surface area contributed by atoms with Crippen LogP contribution in [0.5, 0.6) is 5.75 Å². The van der Waals surface area contributed by atoms with Gasteiger partial charge in [-0.05, 0) is 69.9 Å². The normalized spacial score (nSPS) is 12.9. The number of nitrogens with zero attached hydrogens (tertiary/aromatic N) is 1. The molecule has 0 heterocycles. The van der Waals surface area contributed by atoms with Crippen molar-refractivity contribution in [2.24, 2.45) is 0 Å². The van der Waals surface area contributed by atoms with Gasteiger partial charge < -0.3 is 15.3 Å². The summed E-state index contributed by atoms with van der Waals surface area (Å²) in [6.45, 7) is 7.24. The lowest BCUT2D eigenvalue weighted by Gasteiger charge is -2.23. The molecule has 0 saturated heterocycles. The Labute approximate surface area is 132 Å². The van der Waals surface area contributed by atoms with Crippen LogP contribution in [0.15, 0.2) is 21.1 Å². The second kappa shape index (κ2) is 8.25. The quantitative estimate of drug-likeness (QED) is 0.692. The molecule has 0 aliphatic carbocycles. The Balaban J connectivity index is 2.38. The molecule has 0 aliphatic rings. The van der Waals surface area contributed by atoms with E-state index in [0.29, 0.717) is 6.04 Å². The molecule has 1 aromatic rings. The molecule has 5 heteroatoms. The van der Waals surface area contributed by atoms with Gasteiger partial charge in [0.05, 0.1) is 8.95 Å². The van der Waals surface area contributed by atoms with Crippen LogP contribution in [0.4, 0.5) is 0 Å². The van der Waals surface area contributed by atoms with E-state index in [2.05, 4.69) is 63.0 Å². The fourth-order valence-electron chi connectivity index (χ4n) is 1.74. The number of nitrogens with one attached hydrogen (secondary N) is 1. The van der Waals surface area contributed by atoms with Crippen LogP contribution in [0.25, 0.3) is 0 Å². The summed E-state index contributed by atoms with van der Waals surface area (Å²) in [5.74, 6) is 0.250. The van der Waals surface area contributed by atoms with Gasteiger partial charge in [0.2, 0.25) is 0 Å². The van der Waals surface area contributed by atoms with Crippen LogP contribution in [-0.4, -0.2) is 36.2 Å². The van der Waals surface area contributed by atoms with Gasteiger partial charge in [-0.3, -0.25) is 0 Å². The van der Waals surface area contributed by atoms with E-state index in [-0.39, 0.29) is 5.75 Å². The molecule has 0 spiro atoms. The Hall–Kier alpha value is -0.100. The topological polar surface area (TPSA) is 35.5 Å². The van der Waals surface area contributed by atoms with Crippen molar-refractivity contribution in [3.63, 3.8) is 0 Å². The Morgan fingerprint density at radius 3 is 2.42 bits per heavy atom. The summed E-state index contributed by atoms with van der Waals surface area (Å²) >= 11 is 6.68. The van der Waals surface area contributed by atoms with Crippen molar-refractivity contribution in [1.82, 2.24) is 10.2 Å². The van der Waals surface area contributed by atoms with E-state index in [9.17, 15) is 5.11 Å². The van der Waals surface area contributed by atoms with E-state index in [1.165, 1.54) is 6.42 Å². The van der Waals surface area contributed by atoms with Crippen LogP contribution in [0.1, 0.15) is 25.8 Å². The predicted molar refractivity (Wildman–Crippen MR) is 87.6 cm³/mol. The number of likely N-dealkylation sites (N-methyl/N-ethyl adjacent to an activating group) is 1. The van der Waals surface area contributed by atoms with Crippen LogP contribution in [0.2, 0.25) is 0 Å². The molecule has 0 aromatic heterocycles. The molecule has 1 aromatic carbocycles. The number of hydrogen-bond donors (Lipinski definition) is 2. The molecule has 0 aliphatic heterocycles. The average molecular weight is 394 g/mol.